The molecule has 2 aromatic heterocycles. The van der Waals surface area contributed by atoms with Gasteiger partial charge in [-0.15, -0.1) is 11.3 Å². The fourth-order valence-electron chi connectivity index (χ4n) is 2.93. The minimum atomic E-state index is -0.103. The number of thiazole rings is 1. The molecule has 0 atom stereocenters. The molecule has 0 aliphatic heterocycles. The van der Waals surface area contributed by atoms with Gasteiger partial charge in [0, 0.05) is 29.4 Å². The van der Waals surface area contributed by atoms with E-state index in [1.807, 2.05) is 37.4 Å². The maximum atomic E-state index is 11.2. The van der Waals surface area contributed by atoms with Gasteiger partial charge in [0.15, 0.2) is 0 Å². The molecule has 0 bridgehead atoms. The van der Waals surface area contributed by atoms with E-state index in [0.717, 1.165) is 46.2 Å². The Morgan fingerprint density at radius 3 is 2.84 bits per heavy atom. The third-order valence-electron chi connectivity index (χ3n) is 3.95. The summed E-state index contributed by atoms with van der Waals surface area (Å²) < 4.78 is 0. The van der Waals surface area contributed by atoms with Crippen molar-refractivity contribution in [1.29, 1.82) is 0 Å². The zero-order valence-electron chi connectivity index (χ0n) is 14.0. The molecule has 2 heterocycles. The van der Waals surface area contributed by atoms with Crippen LogP contribution in [-0.4, -0.2) is 20.9 Å². The number of carbonyl (C=O) groups excluding carboxylic acids is 1. The molecular formula is C18H17N5OS. The van der Waals surface area contributed by atoms with E-state index >= 15 is 0 Å². The number of nitrogens with zero attached hydrogens (tertiary/aromatic N) is 3. The van der Waals surface area contributed by atoms with Gasteiger partial charge in [0.25, 0.3) is 0 Å². The van der Waals surface area contributed by atoms with E-state index in [4.69, 9.17) is 0 Å². The number of benzene rings is 1. The molecule has 2 N–H and O–H groups in total. The number of carbonyl (C=O) groups is 1. The van der Waals surface area contributed by atoms with Gasteiger partial charge in [-0.05, 0) is 43.5 Å². The lowest BCUT2D eigenvalue weighted by atomic mass is 10.00. The van der Waals surface area contributed by atoms with Gasteiger partial charge < -0.3 is 10.6 Å². The third kappa shape index (κ3) is 3.23. The van der Waals surface area contributed by atoms with Gasteiger partial charge in [-0.2, -0.15) is 0 Å². The Morgan fingerprint density at radius 2 is 2.00 bits per heavy atom. The topological polar surface area (TPSA) is 79.8 Å². The lowest BCUT2D eigenvalue weighted by Gasteiger charge is -2.15. The van der Waals surface area contributed by atoms with Gasteiger partial charge in [0.05, 0.1) is 10.7 Å². The Balaban J connectivity index is 1.64. The zero-order chi connectivity index (χ0) is 17.4. The first kappa shape index (κ1) is 15.7. The van der Waals surface area contributed by atoms with Crippen molar-refractivity contribution in [3.63, 3.8) is 0 Å². The Kier molecular flexibility index (Phi) is 3.93. The van der Waals surface area contributed by atoms with Gasteiger partial charge in [-0.25, -0.2) is 15.0 Å². The van der Waals surface area contributed by atoms with Crippen LogP contribution < -0.4 is 10.6 Å². The van der Waals surface area contributed by atoms with E-state index in [1.54, 1.807) is 11.3 Å². The third-order valence-corrected chi connectivity index (χ3v) is 4.98. The van der Waals surface area contributed by atoms with Gasteiger partial charge >= 0.3 is 0 Å². The number of hydrogen-bond acceptors (Lipinski definition) is 6. The molecule has 1 aromatic carbocycles. The Labute approximate surface area is 149 Å². The fraction of sp³-hybridized carbons (Fsp3) is 0.222. The standard InChI is InChI=1S/C18H17N5OS/c1-10(24)20-13-4-3-5-14(8-13)22-18-19-9-12-6-7-15-17(16(12)23-18)21-11(2)25-15/h3-5,8-9H,6-7H2,1-2H3,(H,20,24)(H,19,22,23). The second-order valence-electron chi connectivity index (χ2n) is 5.96. The summed E-state index contributed by atoms with van der Waals surface area (Å²) in [5.74, 6) is 0.422. The van der Waals surface area contributed by atoms with Crippen molar-refractivity contribution in [3.8, 4) is 11.4 Å². The van der Waals surface area contributed by atoms with Crippen molar-refractivity contribution < 1.29 is 4.79 Å². The molecule has 1 aliphatic carbocycles. The molecule has 0 fully saturated rings. The van der Waals surface area contributed by atoms with Crippen molar-refractivity contribution in [3.05, 3.63) is 45.9 Å². The van der Waals surface area contributed by atoms with E-state index in [-0.39, 0.29) is 5.91 Å². The molecule has 0 saturated heterocycles. The lowest BCUT2D eigenvalue weighted by Crippen LogP contribution is -2.08. The SMILES string of the molecule is CC(=O)Nc1cccc(Nc2ncc3c(n2)-c2nc(C)sc2CC3)c1. The Morgan fingerprint density at radius 1 is 1.16 bits per heavy atom. The maximum Gasteiger partial charge on any atom is 0.227 e. The number of hydrogen-bond donors (Lipinski definition) is 2. The highest BCUT2D eigenvalue weighted by Gasteiger charge is 2.22. The van der Waals surface area contributed by atoms with Crippen LogP contribution in [0.2, 0.25) is 0 Å². The summed E-state index contributed by atoms with van der Waals surface area (Å²) in [4.78, 5) is 26.2. The first-order valence-corrected chi connectivity index (χ1v) is 8.87. The van der Waals surface area contributed by atoms with Crippen molar-refractivity contribution in [1.82, 2.24) is 15.0 Å². The summed E-state index contributed by atoms with van der Waals surface area (Å²) in [6.45, 7) is 3.51. The van der Waals surface area contributed by atoms with Crippen molar-refractivity contribution >= 4 is 34.6 Å². The van der Waals surface area contributed by atoms with Crippen molar-refractivity contribution in [2.75, 3.05) is 10.6 Å². The number of amides is 1. The second-order valence-corrected chi connectivity index (χ2v) is 7.25. The van der Waals surface area contributed by atoms with Crippen LogP contribution in [0.4, 0.5) is 17.3 Å². The molecule has 6 nitrogen and oxygen atoms in total. The Hall–Kier alpha value is -2.80. The number of anilines is 3. The van der Waals surface area contributed by atoms with Gasteiger partial charge in [-0.1, -0.05) is 6.07 Å². The van der Waals surface area contributed by atoms with E-state index in [0.29, 0.717) is 5.95 Å². The molecule has 4 rings (SSSR count). The van der Waals surface area contributed by atoms with Crippen LogP contribution in [-0.2, 0) is 17.6 Å². The highest BCUT2D eigenvalue weighted by atomic mass is 32.1. The molecule has 0 spiro atoms. The van der Waals surface area contributed by atoms with Crippen LogP contribution in [0.1, 0.15) is 22.4 Å². The predicted molar refractivity (Wildman–Crippen MR) is 99.3 cm³/mol. The van der Waals surface area contributed by atoms with Crippen LogP contribution in [0.5, 0.6) is 0 Å². The molecule has 3 aromatic rings. The summed E-state index contributed by atoms with van der Waals surface area (Å²) in [5.41, 5.74) is 4.59. The monoisotopic (exact) mass is 351 g/mol. The zero-order valence-corrected chi connectivity index (χ0v) is 14.8. The van der Waals surface area contributed by atoms with Crippen LogP contribution in [0.25, 0.3) is 11.4 Å². The largest absolute Gasteiger partial charge is 0.326 e. The van der Waals surface area contributed by atoms with Gasteiger partial charge in [0.2, 0.25) is 11.9 Å². The minimum absolute atomic E-state index is 0.103. The summed E-state index contributed by atoms with van der Waals surface area (Å²) >= 11 is 1.74. The normalized spacial score (nSPS) is 12.2. The van der Waals surface area contributed by atoms with Gasteiger partial charge in [0.1, 0.15) is 5.69 Å². The maximum absolute atomic E-state index is 11.2. The first-order chi connectivity index (χ1) is 12.1. The van der Waals surface area contributed by atoms with Crippen LogP contribution in [0.3, 0.4) is 0 Å². The lowest BCUT2D eigenvalue weighted by molar-refractivity contribution is -0.114. The fourth-order valence-corrected chi connectivity index (χ4v) is 3.87. The molecular weight excluding hydrogens is 334 g/mol. The second kappa shape index (κ2) is 6.25. The summed E-state index contributed by atoms with van der Waals surface area (Å²) in [7, 11) is 0. The molecule has 1 aliphatic rings. The quantitative estimate of drug-likeness (QED) is 0.752. The molecule has 0 saturated carbocycles. The predicted octanol–water partition coefficient (Wildman–Crippen LogP) is 3.71. The Bertz CT molecular complexity index is 966. The highest BCUT2D eigenvalue weighted by Crippen LogP contribution is 2.35. The average Bonchev–Trinajstić information content (AvgIpc) is 2.95. The van der Waals surface area contributed by atoms with Crippen LogP contribution in [0.15, 0.2) is 30.5 Å². The highest BCUT2D eigenvalue weighted by molar-refractivity contribution is 7.12. The summed E-state index contributed by atoms with van der Waals surface area (Å²) in [5, 5.41) is 7.04. The number of aromatic nitrogens is 3. The first-order valence-electron chi connectivity index (χ1n) is 8.06. The molecule has 7 heteroatoms. The van der Waals surface area contributed by atoms with E-state index in [9.17, 15) is 4.79 Å². The summed E-state index contributed by atoms with van der Waals surface area (Å²) in [6.07, 6.45) is 3.82. The van der Waals surface area contributed by atoms with Crippen LogP contribution in [0, 0.1) is 6.92 Å². The molecule has 1 amide bonds. The number of fused-ring (bicyclic) bond motifs is 3. The number of aryl methyl sites for hydroxylation is 3. The van der Waals surface area contributed by atoms with Crippen LogP contribution >= 0.6 is 11.3 Å². The molecule has 0 unspecified atom stereocenters. The van der Waals surface area contributed by atoms with Gasteiger partial charge in [-0.3, -0.25) is 4.79 Å². The van der Waals surface area contributed by atoms with E-state index in [2.05, 4.69) is 25.6 Å². The smallest absolute Gasteiger partial charge is 0.227 e. The van der Waals surface area contributed by atoms with E-state index < -0.39 is 0 Å². The summed E-state index contributed by atoms with van der Waals surface area (Å²) in [6, 6.07) is 7.47. The minimum Gasteiger partial charge on any atom is -0.326 e. The molecule has 126 valence electrons. The molecule has 0 radical (unpaired) electrons. The van der Waals surface area contributed by atoms with E-state index in [1.165, 1.54) is 11.8 Å². The average molecular weight is 351 g/mol. The van der Waals surface area contributed by atoms with Crippen molar-refractivity contribution in [2.45, 2.75) is 26.7 Å². The number of nitrogens with one attached hydrogen (secondary N) is 2. The molecule has 25 heavy (non-hydrogen) atoms. The number of rotatable bonds is 3. The van der Waals surface area contributed by atoms with Crippen molar-refractivity contribution in [2.24, 2.45) is 0 Å².